The summed E-state index contributed by atoms with van der Waals surface area (Å²) >= 11 is 0. The molecule has 0 bridgehead atoms. The van der Waals surface area contributed by atoms with Crippen LogP contribution in [0.25, 0.3) is 0 Å². The van der Waals surface area contributed by atoms with Gasteiger partial charge >= 0.3 is 6.09 Å². The number of carbonyl (C=O) groups is 4. The Hall–Kier alpha value is -2.98. The van der Waals surface area contributed by atoms with Crippen molar-refractivity contribution in [1.82, 2.24) is 21.4 Å². The van der Waals surface area contributed by atoms with Crippen LogP contribution in [0.1, 0.15) is 132 Å². The van der Waals surface area contributed by atoms with Gasteiger partial charge in [-0.1, -0.05) is 65.5 Å². The molecule has 19 nitrogen and oxygen atoms in total. The fraction of sp³-hybridized carbons (Fsp3) is 0.889. The minimum Gasteiger partial charge on any atom is -0.446 e. The summed E-state index contributed by atoms with van der Waals surface area (Å²) in [7, 11) is 0. The Labute approximate surface area is 438 Å². The summed E-state index contributed by atoms with van der Waals surface area (Å²) in [4.78, 5) is 55.8. The van der Waals surface area contributed by atoms with Gasteiger partial charge in [0.2, 0.25) is 11.8 Å². The number of amides is 4. The Balaban J connectivity index is 0.000000400. The van der Waals surface area contributed by atoms with Crippen LogP contribution in [0.15, 0.2) is 11.6 Å². The predicted molar refractivity (Wildman–Crippen MR) is 278 cm³/mol. The lowest BCUT2D eigenvalue weighted by Crippen LogP contribution is -2.51. The number of rotatable bonds is 38. The number of hydroxylamine groups is 1. The summed E-state index contributed by atoms with van der Waals surface area (Å²) in [5.74, 6) is 9.13. The van der Waals surface area contributed by atoms with Gasteiger partial charge in [-0.05, 0) is 105 Å². The highest BCUT2D eigenvalue weighted by Crippen LogP contribution is 2.67. The van der Waals surface area contributed by atoms with E-state index in [2.05, 4.69) is 67.0 Å². The predicted octanol–water partition coefficient (Wildman–Crippen LogP) is 6.22. The smallest absolute Gasteiger partial charge is 0.407 e. The van der Waals surface area contributed by atoms with Crippen LogP contribution in [0.3, 0.4) is 0 Å². The Bertz CT molecular complexity index is 1560. The number of nitrogens with one attached hydrogen (secondary N) is 4. The number of allylic oxidation sites excluding steroid dienone is 1. The molecular weight excluding hydrogens is 943 g/mol. The van der Waals surface area contributed by atoms with Crippen LogP contribution in [0.4, 0.5) is 4.79 Å². The van der Waals surface area contributed by atoms with E-state index in [0.29, 0.717) is 124 Å². The third kappa shape index (κ3) is 24.7. The van der Waals surface area contributed by atoms with Crippen LogP contribution in [0, 0.1) is 46.3 Å². The van der Waals surface area contributed by atoms with Crippen molar-refractivity contribution in [2.45, 2.75) is 138 Å². The van der Waals surface area contributed by atoms with E-state index in [1.54, 1.807) is 5.57 Å². The number of carbonyl (C=O) groups excluding carboxylic acids is 4. The number of hydrogen-bond acceptors (Lipinski definition) is 15. The maximum absolute atomic E-state index is 12.5. The van der Waals surface area contributed by atoms with Gasteiger partial charge < -0.3 is 53.8 Å². The van der Waals surface area contributed by atoms with Gasteiger partial charge in [-0.3, -0.25) is 24.1 Å². The van der Waals surface area contributed by atoms with Gasteiger partial charge in [-0.15, -0.1) is 0 Å². The molecule has 3 fully saturated rings. The van der Waals surface area contributed by atoms with Crippen molar-refractivity contribution in [3.8, 4) is 0 Å². The molecule has 8 atom stereocenters. The summed E-state index contributed by atoms with van der Waals surface area (Å²) < 4.78 is 42.8. The lowest BCUT2D eigenvalue weighted by molar-refractivity contribution is -0.139. The fourth-order valence-corrected chi connectivity index (χ4v) is 11.7. The molecule has 0 aromatic heterocycles. The molecule has 0 aliphatic heterocycles. The van der Waals surface area contributed by atoms with E-state index in [4.69, 9.17) is 48.6 Å². The molecule has 0 heterocycles. The van der Waals surface area contributed by atoms with Gasteiger partial charge in [0, 0.05) is 52.1 Å². The van der Waals surface area contributed by atoms with Crippen molar-refractivity contribution < 1.29 is 66.7 Å². The summed E-state index contributed by atoms with van der Waals surface area (Å²) in [6.45, 7) is 23.9. The fourth-order valence-electron chi connectivity index (χ4n) is 11.7. The van der Waals surface area contributed by atoms with E-state index in [1.165, 1.54) is 51.4 Å². The number of fused-ring (bicyclic) bond motifs is 5. The molecule has 424 valence electrons. The average Bonchev–Trinajstić information content (AvgIpc) is 3.72. The van der Waals surface area contributed by atoms with Crippen molar-refractivity contribution in [2.24, 2.45) is 52.2 Å². The van der Waals surface area contributed by atoms with E-state index in [1.807, 2.05) is 13.8 Å². The summed E-state index contributed by atoms with van der Waals surface area (Å²) in [5, 5.41) is 8.38. The topological polar surface area (TPSA) is 235 Å². The van der Waals surface area contributed by atoms with Crippen molar-refractivity contribution in [3.05, 3.63) is 11.6 Å². The van der Waals surface area contributed by atoms with E-state index in [9.17, 15) is 19.2 Å². The first-order valence-electron chi connectivity index (χ1n) is 27.7. The molecule has 0 aromatic carbocycles. The number of nitrogens with two attached hydrogens (primary N) is 1. The van der Waals surface area contributed by atoms with E-state index < -0.39 is 5.91 Å². The molecule has 0 aromatic rings. The molecule has 6 N–H and O–H groups in total. The van der Waals surface area contributed by atoms with Crippen molar-refractivity contribution in [1.29, 1.82) is 0 Å². The van der Waals surface area contributed by atoms with Gasteiger partial charge in [-0.2, -0.15) is 0 Å². The van der Waals surface area contributed by atoms with Crippen LogP contribution in [-0.4, -0.2) is 155 Å². The second-order valence-electron chi connectivity index (χ2n) is 20.8. The van der Waals surface area contributed by atoms with Gasteiger partial charge in [0.1, 0.15) is 12.7 Å². The molecule has 4 rings (SSSR count). The van der Waals surface area contributed by atoms with E-state index in [-0.39, 0.29) is 49.1 Å². The van der Waals surface area contributed by atoms with Crippen LogP contribution in [0.2, 0.25) is 0 Å². The Morgan fingerprint density at radius 1 is 0.644 bits per heavy atom. The summed E-state index contributed by atoms with van der Waals surface area (Å²) in [6.07, 6.45) is 16.7. The SMILES string of the molecule is CCOCCC(=O)NCCNC(=O)OC1CC[C@@]2(C)C(=CC[C@H]3[C@@H]4CC[C@H]([C@H](C)CCCC(C)C)[C@@]4(C)CC[C@@H]32)C1.CCOCCOCCOCCNC(=O)CCOCCOCCOCCONC(=O)CON. The zero-order valence-corrected chi connectivity index (χ0v) is 46.0. The third-order valence-electron chi connectivity index (χ3n) is 15.4. The lowest BCUT2D eigenvalue weighted by Gasteiger charge is -2.58. The Morgan fingerprint density at radius 3 is 1.86 bits per heavy atom. The third-order valence-corrected chi connectivity index (χ3v) is 15.4. The zero-order chi connectivity index (χ0) is 53.2. The second-order valence-corrected chi connectivity index (χ2v) is 20.8. The second kappa shape index (κ2) is 37.7. The molecule has 1 unspecified atom stereocenters. The van der Waals surface area contributed by atoms with Crippen LogP contribution in [0.5, 0.6) is 0 Å². The molecule has 3 saturated carbocycles. The average molecular weight is 1040 g/mol. The Morgan fingerprint density at radius 2 is 1.22 bits per heavy atom. The highest BCUT2D eigenvalue weighted by atomic mass is 16.7. The molecule has 0 radical (unpaired) electrons. The minimum absolute atomic E-state index is 0.0527. The number of ether oxygens (including phenoxy) is 8. The van der Waals surface area contributed by atoms with Crippen LogP contribution in [-0.2, 0) is 62.0 Å². The molecular formula is C54H99N5O14. The molecule has 19 heteroatoms. The number of alkyl carbamates (subject to hydrolysis) is 1. The molecule has 4 aliphatic carbocycles. The van der Waals surface area contributed by atoms with Gasteiger partial charge in [-0.25, -0.2) is 16.2 Å². The van der Waals surface area contributed by atoms with Crippen molar-refractivity contribution in [3.63, 3.8) is 0 Å². The highest BCUT2D eigenvalue weighted by Gasteiger charge is 2.59. The van der Waals surface area contributed by atoms with Crippen LogP contribution >= 0.6 is 0 Å². The van der Waals surface area contributed by atoms with Crippen LogP contribution < -0.4 is 27.3 Å². The molecule has 73 heavy (non-hydrogen) atoms. The van der Waals surface area contributed by atoms with E-state index >= 15 is 0 Å². The van der Waals surface area contributed by atoms with Crippen molar-refractivity contribution >= 4 is 23.8 Å². The van der Waals surface area contributed by atoms with E-state index in [0.717, 1.165) is 54.8 Å². The summed E-state index contributed by atoms with van der Waals surface area (Å²) in [6, 6.07) is 0. The van der Waals surface area contributed by atoms with Gasteiger partial charge in [0.15, 0.2) is 0 Å². The molecule has 4 aliphatic rings. The first-order chi connectivity index (χ1) is 35.3. The molecule has 0 spiro atoms. The van der Waals surface area contributed by atoms with Crippen molar-refractivity contribution in [2.75, 3.05) is 125 Å². The zero-order valence-electron chi connectivity index (χ0n) is 46.0. The first-order valence-corrected chi connectivity index (χ1v) is 27.7. The number of hydrogen-bond donors (Lipinski definition) is 5. The molecule has 4 amide bonds. The van der Waals surface area contributed by atoms with Gasteiger partial charge in [0.25, 0.3) is 5.91 Å². The normalized spacial score (nSPS) is 24.5. The largest absolute Gasteiger partial charge is 0.446 e. The maximum Gasteiger partial charge on any atom is 0.407 e. The lowest BCUT2D eigenvalue weighted by atomic mass is 9.47. The standard InChI is InChI=1S/C35H60N2O4.C19H39N3O10/c1-7-40-22-17-32(38)36-20-21-37-33(39)41-27-15-18-34(5)26(23-27)11-12-28-30-14-13-29(25(4)10-8-9-24(2)3)35(30,6)19-16-31(28)34;1-2-25-7-8-28-12-10-27-6-4-21-18(23)3-5-26-9-11-29-13-14-30-15-16-32-22-19(24)17-31-20/h11,24-25,27-31H,7-10,12-23H2,1-6H3,(H,36,38)(H,37,39);2-17,20H2,1H3,(H,21,23)(H,22,24)/t25-,27?,28+,29-,30+,31+,34+,35-;/m1./s1. The monoisotopic (exact) mass is 1040 g/mol. The Kier molecular flexibility index (Phi) is 33.2. The first kappa shape index (κ1) is 64.3. The minimum atomic E-state index is -0.479. The highest BCUT2D eigenvalue weighted by molar-refractivity contribution is 5.76. The van der Waals surface area contributed by atoms with Gasteiger partial charge in [0.05, 0.1) is 85.9 Å². The molecule has 0 saturated heterocycles. The maximum atomic E-state index is 12.5. The quantitative estimate of drug-likeness (QED) is 0.0263. The summed E-state index contributed by atoms with van der Waals surface area (Å²) in [5.41, 5.74) is 4.45.